The van der Waals surface area contributed by atoms with Gasteiger partial charge < -0.3 is 4.90 Å². The van der Waals surface area contributed by atoms with Gasteiger partial charge in [-0.25, -0.2) is 4.98 Å². The zero-order chi connectivity index (χ0) is 13.0. The molecule has 3 heteroatoms. The molecule has 1 heterocycles. The van der Waals surface area contributed by atoms with E-state index in [1.54, 1.807) is 6.20 Å². The maximum atomic E-state index is 9.23. The van der Waals surface area contributed by atoms with Crippen LogP contribution in [0.4, 0.5) is 5.82 Å². The molecule has 0 amide bonds. The first-order valence-electron chi connectivity index (χ1n) is 6.84. The topological polar surface area (TPSA) is 39.9 Å². The molecule has 96 valence electrons. The molecule has 1 fully saturated rings. The predicted octanol–water partition coefficient (Wildman–Crippen LogP) is 3.36. The van der Waals surface area contributed by atoms with E-state index in [4.69, 9.17) is 0 Å². The highest BCUT2D eigenvalue weighted by atomic mass is 15.2. The van der Waals surface area contributed by atoms with Crippen LogP contribution in [0.25, 0.3) is 0 Å². The van der Waals surface area contributed by atoms with Crippen molar-refractivity contribution in [2.24, 2.45) is 5.92 Å². The summed E-state index contributed by atoms with van der Waals surface area (Å²) >= 11 is 0. The third-order valence-electron chi connectivity index (χ3n) is 3.51. The summed E-state index contributed by atoms with van der Waals surface area (Å²) in [5.41, 5.74) is 0.699. The molecule has 1 aliphatic rings. The normalized spacial score (nSPS) is 15.9. The molecule has 3 nitrogen and oxygen atoms in total. The minimum Gasteiger partial charge on any atom is -0.352 e. The van der Waals surface area contributed by atoms with Gasteiger partial charge in [-0.05, 0) is 30.9 Å². The highest BCUT2D eigenvalue weighted by Crippen LogP contribution is 2.29. The van der Waals surface area contributed by atoms with Gasteiger partial charge in [0.25, 0.3) is 0 Å². The van der Waals surface area contributed by atoms with Crippen LogP contribution in [0.2, 0.25) is 0 Å². The lowest BCUT2D eigenvalue weighted by Crippen LogP contribution is -2.37. The zero-order valence-electron chi connectivity index (χ0n) is 11.3. The summed E-state index contributed by atoms with van der Waals surface area (Å²) in [6.45, 7) is 5.42. The molecule has 18 heavy (non-hydrogen) atoms. The molecule has 1 aromatic rings. The lowest BCUT2D eigenvalue weighted by Gasteiger charge is -2.32. The van der Waals surface area contributed by atoms with Crippen LogP contribution in [-0.4, -0.2) is 17.6 Å². The van der Waals surface area contributed by atoms with Gasteiger partial charge in [-0.1, -0.05) is 26.7 Å². The van der Waals surface area contributed by atoms with Crippen LogP contribution in [0.1, 0.15) is 45.1 Å². The summed E-state index contributed by atoms with van der Waals surface area (Å²) < 4.78 is 0. The molecule has 0 bridgehead atoms. The lowest BCUT2D eigenvalue weighted by atomic mass is 10.1. The Kier molecular flexibility index (Phi) is 4.19. The fourth-order valence-corrected chi connectivity index (χ4v) is 2.73. The van der Waals surface area contributed by atoms with E-state index < -0.39 is 0 Å². The van der Waals surface area contributed by atoms with Crippen molar-refractivity contribution in [1.82, 2.24) is 4.98 Å². The predicted molar refractivity (Wildman–Crippen MR) is 73.4 cm³/mol. The largest absolute Gasteiger partial charge is 0.352 e. The molecule has 1 aromatic heterocycles. The van der Waals surface area contributed by atoms with Crippen molar-refractivity contribution < 1.29 is 0 Å². The van der Waals surface area contributed by atoms with Crippen molar-refractivity contribution in [3.8, 4) is 6.07 Å². The summed E-state index contributed by atoms with van der Waals surface area (Å²) in [4.78, 5) is 6.81. The second-order valence-electron chi connectivity index (χ2n) is 5.47. The first-order chi connectivity index (χ1) is 8.72. The Morgan fingerprint density at radius 1 is 1.44 bits per heavy atom. The molecule has 0 saturated heterocycles. The Morgan fingerprint density at radius 2 is 2.17 bits per heavy atom. The Hall–Kier alpha value is -1.56. The molecule has 0 unspecified atom stereocenters. The Morgan fingerprint density at radius 3 is 2.78 bits per heavy atom. The summed E-state index contributed by atoms with van der Waals surface area (Å²) in [7, 11) is 0. The minimum atomic E-state index is 0.564. The fraction of sp³-hybridized carbons (Fsp3) is 0.600. The molecule has 2 rings (SSSR count). The van der Waals surface area contributed by atoms with Gasteiger partial charge in [0.05, 0.1) is 5.56 Å². The standard InChI is InChI=1S/C15H21N3/c1-12(2)11-18(14-7-3-4-8-14)15-13(10-16)6-5-9-17-15/h5-6,9,12,14H,3-4,7-8,11H2,1-2H3. The Balaban J connectivity index is 2.30. The molecule has 0 atom stereocenters. The van der Waals surface area contributed by atoms with Crippen molar-refractivity contribution in [3.63, 3.8) is 0 Å². The van der Waals surface area contributed by atoms with Gasteiger partial charge in [0.2, 0.25) is 0 Å². The number of aromatic nitrogens is 1. The number of pyridine rings is 1. The summed E-state index contributed by atoms with van der Waals surface area (Å²) in [5.74, 6) is 1.46. The minimum absolute atomic E-state index is 0.564. The smallest absolute Gasteiger partial charge is 0.146 e. The van der Waals surface area contributed by atoms with Gasteiger partial charge in [-0.3, -0.25) is 0 Å². The second kappa shape index (κ2) is 5.86. The first-order valence-corrected chi connectivity index (χ1v) is 6.84. The molecule has 0 aliphatic heterocycles. The Labute approximate surface area is 109 Å². The number of nitrogens with zero attached hydrogens (tertiary/aromatic N) is 3. The molecule has 1 saturated carbocycles. The van der Waals surface area contributed by atoms with Gasteiger partial charge in [0.15, 0.2) is 0 Å². The van der Waals surface area contributed by atoms with Gasteiger partial charge in [-0.15, -0.1) is 0 Å². The number of nitriles is 1. The second-order valence-corrected chi connectivity index (χ2v) is 5.47. The average Bonchev–Trinajstić information content (AvgIpc) is 2.89. The number of anilines is 1. The van der Waals surface area contributed by atoms with Gasteiger partial charge in [0, 0.05) is 18.8 Å². The van der Waals surface area contributed by atoms with E-state index in [1.165, 1.54) is 25.7 Å². The average molecular weight is 243 g/mol. The van der Waals surface area contributed by atoms with E-state index in [9.17, 15) is 5.26 Å². The molecule has 0 N–H and O–H groups in total. The quantitative estimate of drug-likeness (QED) is 0.814. The van der Waals surface area contributed by atoms with E-state index in [0.29, 0.717) is 17.5 Å². The highest BCUT2D eigenvalue weighted by molar-refractivity contribution is 5.54. The van der Waals surface area contributed by atoms with Crippen LogP contribution >= 0.6 is 0 Å². The monoisotopic (exact) mass is 243 g/mol. The van der Waals surface area contributed by atoms with Crippen LogP contribution in [0.3, 0.4) is 0 Å². The van der Waals surface area contributed by atoms with Crippen molar-refractivity contribution in [2.45, 2.75) is 45.6 Å². The molecule has 1 aliphatic carbocycles. The van der Waals surface area contributed by atoms with E-state index in [1.807, 2.05) is 12.1 Å². The molecular weight excluding hydrogens is 222 g/mol. The molecule has 0 aromatic carbocycles. The lowest BCUT2D eigenvalue weighted by molar-refractivity contribution is 0.531. The van der Waals surface area contributed by atoms with Crippen molar-refractivity contribution in [1.29, 1.82) is 5.26 Å². The number of hydrogen-bond donors (Lipinski definition) is 0. The van der Waals surface area contributed by atoms with E-state index in [-0.39, 0.29) is 0 Å². The van der Waals surface area contributed by atoms with Crippen molar-refractivity contribution in [2.75, 3.05) is 11.4 Å². The number of hydrogen-bond acceptors (Lipinski definition) is 3. The molecule has 0 radical (unpaired) electrons. The van der Waals surface area contributed by atoms with Crippen molar-refractivity contribution in [3.05, 3.63) is 23.9 Å². The Bertz CT molecular complexity index is 428. The van der Waals surface area contributed by atoms with Crippen LogP contribution < -0.4 is 4.90 Å². The summed E-state index contributed by atoms with van der Waals surface area (Å²) in [5, 5.41) is 9.23. The highest BCUT2D eigenvalue weighted by Gasteiger charge is 2.25. The van der Waals surface area contributed by atoms with Crippen molar-refractivity contribution >= 4 is 5.82 Å². The summed E-state index contributed by atoms with van der Waals surface area (Å²) in [6.07, 6.45) is 6.85. The van der Waals surface area contributed by atoms with Gasteiger partial charge in [0.1, 0.15) is 11.9 Å². The number of rotatable bonds is 4. The third kappa shape index (κ3) is 2.81. The van der Waals surface area contributed by atoms with Crippen LogP contribution in [-0.2, 0) is 0 Å². The van der Waals surface area contributed by atoms with E-state index in [0.717, 1.165) is 12.4 Å². The van der Waals surface area contributed by atoms with Crippen LogP contribution in [0.5, 0.6) is 0 Å². The van der Waals surface area contributed by atoms with E-state index >= 15 is 0 Å². The fourth-order valence-electron chi connectivity index (χ4n) is 2.73. The van der Waals surface area contributed by atoms with Gasteiger partial charge in [-0.2, -0.15) is 5.26 Å². The van der Waals surface area contributed by atoms with Crippen LogP contribution in [0, 0.1) is 17.2 Å². The zero-order valence-corrected chi connectivity index (χ0v) is 11.3. The third-order valence-corrected chi connectivity index (χ3v) is 3.51. The van der Waals surface area contributed by atoms with Gasteiger partial charge >= 0.3 is 0 Å². The summed E-state index contributed by atoms with van der Waals surface area (Å²) in [6, 6.07) is 6.54. The maximum absolute atomic E-state index is 9.23. The van der Waals surface area contributed by atoms with E-state index in [2.05, 4.69) is 29.8 Å². The molecule has 0 spiro atoms. The maximum Gasteiger partial charge on any atom is 0.146 e. The SMILES string of the molecule is CC(C)CN(c1ncccc1C#N)C1CCCC1. The van der Waals surface area contributed by atoms with Crippen LogP contribution in [0.15, 0.2) is 18.3 Å². The first kappa shape index (κ1) is 12.9. The molecular formula is C15H21N3.